The van der Waals surface area contributed by atoms with Crippen molar-refractivity contribution >= 4 is 11.6 Å². The van der Waals surface area contributed by atoms with Gasteiger partial charge in [0.15, 0.2) is 11.5 Å². The fourth-order valence-electron chi connectivity index (χ4n) is 1.95. The molecule has 0 atom stereocenters. The quantitative estimate of drug-likeness (QED) is 0.854. The summed E-state index contributed by atoms with van der Waals surface area (Å²) in [6.07, 6.45) is 1.61. The summed E-state index contributed by atoms with van der Waals surface area (Å²) in [6.45, 7) is 3.67. The number of ether oxygens (including phenoxy) is 2. The summed E-state index contributed by atoms with van der Waals surface area (Å²) in [5, 5.41) is 3.70. The third-order valence-electron chi connectivity index (χ3n) is 3.07. The van der Waals surface area contributed by atoms with Gasteiger partial charge < -0.3 is 19.4 Å². The molecule has 21 heavy (non-hydrogen) atoms. The van der Waals surface area contributed by atoms with Crippen LogP contribution in [0.4, 0.5) is 0 Å². The Morgan fingerprint density at radius 1 is 1.29 bits per heavy atom. The summed E-state index contributed by atoms with van der Waals surface area (Å²) < 4.78 is 13.2. The topological polar surface area (TPSA) is 48.3 Å². The fourth-order valence-corrected chi connectivity index (χ4v) is 2.10. The lowest BCUT2D eigenvalue weighted by atomic mass is 10.2. The molecule has 1 heterocycles. The van der Waals surface area contributed by atoms with Crippen LogP contribution in [0.15, 0.2) is 24.4 Å². The second-order valence-electron chi connectivity index (χ2n) is 4.59. The molecular weight excluding hydrogens is 290 g/mol. The molecule has 5 nitrogen and oxygen atoms in total. The monoisotopic (exact) mass is 309 g/mol. The number of hydrogen-bond acceptors (Lipinski definition) is 4. The minimum absolute atomic E-state index is 0.342. The molecule has 0 bridgehead atoms. The first-order valence-corrected chi connectivity index (χ1v) is 7.22. The van der Waals surface area contributed by atoms with Crippen molar-refractivity contribution in [1.82, 2.24) is 14.9 Å². The first kappa shape index (κ1) is 15.7. The van der Waals surface area contributed by atoms with Crippen LogP contribution >= 0.6 is 11.6 Å². The smallest absolute Gasteiger partial charge is 0.161 e. The molecule has 0 radical (unpaired) electrons. The van der Waals surface area contributed by atoms with Gasteiger partial charge in [0.1, 0.15) is 17.6 Å². The first-order valence-electron chi connectivity index (χ1n) is 6.85. The molecule has 114 valence electrons. The average Bonchev–Trinajstić information content (AvgIpc) is 2.79. The zero-order valence-corrected chi connectivity index (χ0v) is 13.3. The number of rotatable bonds is 7. The molecular formula is C15H20ClN3O2. The Hall–Kier alpha value is -1.72. The van der Waals surface area contributed by atoms with Crippen molar-refractivity contribution in [3.63, 3.8) is 0 Å². The van der Waals surface area contributed by atoms with Gasteiger partial charge in [0, 0.05) is 13.6 Å². The molecule has 6 heteroatoms. The summed E-state index contributed by atoms with van der Waals surface area (Å²) in [4.78, 5) is 4.21. The molecule has 0 aliphatic rings. The van der Waals surface area contributed by atoms with Gasteiger partial charge in [0.25, 0.3) is 0 Å². The Kier molecular flexibility index (Phi) is 5.47. The number of hydrogen-bond donors (Lipinski definition) is 1. The predicted octanol–water partition coefficient (Wildman–Crippen LogP) is 2.77. The standard InChI is InChI=1S/C15H20ClN3O2/c1-4-20-13-7-11(8-17-2)5-6-12(13)21-10-15-18-9-14(16)19(15)3/h5-7,9,17H,4,8,10H2,1-3H3. The van der Waals surface area contributed by atoms with Crippen molar-refractivity contribution in [3.05, 3.63) is 40.9 Å². The maximum absolute atomic E-state index is 5.96. The van der Waals surface area contributed by atoms with Gasteiger partial charge in [-0.3, -0.25) is 0 Å². The molecule has 0 aliphatic carbocycles. The van der Waals surface area contributed by atoms with Gasteiger partial charge in [-0.15, -0.1) is 0 Å². The highest BCUT2D eigenvalue weighted by Crippen LogP contribution is 2.29. The normalized spacial score (nSPS) is 10.7. The van der Waals surface area contributed by atoms with E-state index in [2.05, 4.69) is 10.3 Å². The number of halogens is 1. The van der Waals surface area contributed by atoms with Crippen LogP contribution in [0.3, 0.4) is 0 Å². The van der Waals surface area contributed by atoms with Crippen LogP contribution in [0.2, 0.25) is 5.15 Å². The van der Waals surface area contributed by atoms with Crippen LogP contribution in [0, 0.1) is 0 Å². The molecule has 1 N–H and O–H groups in total. The summed E-state index contributed by atoms with van der Waals surface area (Å²) in [5.74, 6) is 2.21. The van der Waals surface area contributed by atoms with E-state index in [0.29, 0.717) is 24.1 Å². The molecule has 1 aromatic heterocycles. The highest BCUT2D eigenvalue weighted by atomic mass is 35.5. The van der Waals surface area contributed by atoms with E-state index in [0.717, 1.165) is 23.7 Å². The van der Waals surface area contributed by atoms with Crippen LogP contribution in [-0.4, -0.2) is 23.2 Å². The minimum Gasteiger partial charge on any atom is -0.490 e. The Morgan fingerprint density at radius 2 is 2.10 bits per heavy atom. The van der Waals surface area contributed by atoms with Gasteiger partial charge in [0.05, 0.1) is 12.8 Å². The van der Waals surface area contributed by atoms with Crippen molar-refractivity contribution in [1.29, 1.82) is 0 Å². The van der Waals surface area contributed by atoms with E-state index in [1.807, 2.05) is 39.2 Å². The van der Waals surface area contributed by atoms with Crippen LogP contribution in [0.5, 0.6) is 11.5 Å². The molecule has 0 aliphatic heterocycles. The maximum Gasteiger partial charge on any atom is 0.161 e. The molecule has 1 aromatic carbocycles. The molecule has 0 amide bonds. The van der Waals surface area contributed by atoms with Gasteiger partial charge in [0.2, 0.25) is 0 Å². The van der Waals surface area contributed by atoms with Crippen LogP contribution in [0.25, 0.3) is 0 Å². The largest absolute Gasteiger partial charge is 0.490 e. The van der Waals surface area contributed by atoms with Crippen molar-refractivity contribution < 1.29 is 9.47 Å². The molecule has 0 unspecified atom stereocenters. The van der Waals surface area contributed by atoms with E-state index in [1.165, 1.54) is 0 Å². The van der Waals surface area contributed by atoms with Crippen LogP contribution < -0.4 is 14.8 Å². The molecule has 2 aromatic rings. The van der Waals surface area contributed by atoms with Gasteiger partial charge >= 0.3 is 0 Å². The van der Waals surface area contributed by atoms with E-state index in [4.69, 9.17) is 21.1 Å². The molecule has 0 saturated heterocycles. The fraction of sp³-hybridized carbons (Fsp3) is 0.400. The van der Waals surface area contributed by atoms with Gasteiger partial charge in [-0.05, 0) is 31.7 Å². The summed E-state index contributed by atoms with van der Waals surface area (Å²) in [5.41, 5.74) is 1.15. The number of imidazole rings is 1. The third kappa shape index (κ3) is 3.89. The molecule has 0 fully saturated rings. The summed E-state index contributed by atoms with van der Waals surface area (Å²) in [6, 6.07) is 5.92. The van der Waals surface area contributed by atoms with E-state index in [1.54, 1.807) is 10.8 Å². The average molecular weight is 310 g/mol. The van der Waals surface area contributed by atoms with E-state index < -0.39 is 0 Å². The maximum atomic E-state index is 5.96. The van der Waals surface area contributed by atoms with Gasteiger partial charge in [-0.25, -0.2) is 4.98 Å². The molecule has 2 rings (SSSR count). The zero-order valence-electron chi connectivity index (χ0n) is 12.5. The summed E-state index contributed by atoms with van der Waals surface area (Å²) >= 11 is 5.96. The first-order chi connectivity index (χ1) is 10.2. The Morgan fingerprint density at radius 3 is 2.71 bits per heavy atom. The Labute approximate surface area is 129 Å². The van der Waals surface area contributed by atoms with Gasteiger partial charge in [-0.1, -0.05) is 17.7 Å². The van der Waals surface area contributed by atoms with E-state index >= 15 is 0 Å². The second kappa shape index (κ2) is 7.33. The zero-order chi connectivity index (χ0) is 15.2. The summed E-state index contributed by atoms with van der Waals surface area (Å²) in [7, 11) is 3.77. The lowest BCUT2D eigenvalue weighted by molar-refractivity contribution is 0.260. The van der Waals surface area contributed by atoms with E-state index in [9.17, 15) is 0 Å². The molecule has 0 spiro atoms. The number of aromatic nitrogens is 2. The predicted molar refractivity (Wildman–Crippen MR) is 82.9 cm³/mol. The lowest BCUT2D eigenvalue weighted by Gasteiger charge is -2.13. The highest BCUT2D eigenvalue weighted by Gasteiger charge is 2.09. The molecule has 0 saturated carbocycles. The van der Waals surface area contributed by atoms with Gasteiger partial charge in [-0.2, -0.15) is 0 Å². The number of nitrogens with one attached hydrogen (secondary N) is 1. The number of benzene rings is 1. The van der Waals surface area contributed by atoms with Crippen molar-refractivity contribution in [2.75, 3.05) is 13.7 Å². The SMILES string of the molecule is CCOc1cc(CNC)ccc1OCc1ncc(Cl)n1C. The van der Waals surface area contributed by atoms with Crippen molar-refractivity contribution in [2.45, 2.75) is 20.1 Å². The third-order valence-corrected chi connectivity index (χ3v) is 3.42. The van der Waals surface area contributed by atoms with Crippen molar-refractivity contribution in [3.8, 4) is 11.5 Å². The van der Waals surface area contributed by atoms with Crippen molar-refractivity contribution in [2.24, 2.45) is 7.05 Å². The second-order valence-corrected chi connectivity index (χ2v) is 4.98. The van der Waals surface area contributed by atoms with Crippen LogP contribution in [-0.2, 0) is 20.2 Å². The number of nitrogens with zero attached hydrogens (tertiary/aromatic N) is 2. The van der Waals surface area contributed by atoms with E-state index in [-0.39, 0.29) is 0 Å². The minimum atomic E-state index is 0.342. The highest BCUT2D eigenvalue weighted by molar-refractivity contribution is 6.29. The Bertz CT molecular complexity index is 599. The lowest BCUT2D eigenvalue weighted by Crippen LogP contribution is -2.07. The van der Waals surface area contributed by atoms with Crippen LogP contribution in [0.1, 0.15) is 18.3 Å². The Balaban J connectivity index is 2.12.